The van der Waals surface area contributed by atoms with Gasteiger partial charge in [-0.1, -0.05) is 44.7 Å². The summed E-state index contributed by atoms with van der Waals surface area (Å²) in [5, 5.41) is 1.03. The summed E-state index contributed by atoms with van der Waals surface area (Å²) in [4.78, 5) is 24.0. The predicted molar refractivity (Wildman–Crippen MR) is 107 cm³/mol. The summed E-state index contributed by atoms with van der Waals surface area (Å²) in [6.45, 7) is 0.612. The van der Waals surface area contributed by atoms with Crippen molar-refractivity contribution < 1.29 is 14.3 Å². The Bertz CT molecular complexity index is 711. The van der Waals surface area contributed by atoms with Crippen LogP contribution in [0.1, 0.15) is 52.0 Å². The van der Waals surface area contributed by atoms with Crippen molar-refractivity contribution >= 4 is 43.9 Å². The number of hydrogen-bond acceptors (Lipinski definition) is 3. The Morgan fingerprint density at radius 3 is 2.40 bits per heavy atom. The zero-order chi connectivity index (χ0) is 18.1. The fourth-order valence-corrected chi connectivity index (χ4v) is 3.09. The zero-order valence-electron chi connectivity index (χ0n) is 13.8. The molecule has 0 saturated heterocycles. The Labute approximate surface area is 165 Å². The van der Waals surface area contributed by atoms with E-state index in [0.29, 0.717) is 35.3 Å². The van der Waals surface area contributed by atoms with E-state index in [9.17, 15) is 9.59 Å². The fraction of sp³-hybridized carbons (Fsp3) is 0.300. The summed E-state index contributed by atoms with van der Waals surface area (Å²) in [5.74, 6) is 0.450. The maximum Gasteiger partial charge on any atom is 0.193 e. The largest absolute Gasteiger partial charge is 0.494 e. The number of rotatable bonds is 10. The Hall–Kier alpha value is -1.46. The molecule has 25 heavy (non-hydrogen) atoms. The highest BCUT2D eigenvalue weighted by molar-refractivity contribution is 9.10. The maximum absolute atomic E-state index is 12.6. The second-order valence-corrected chi connectivity index (χ2v) is 7.36. The minimum Gasteiger partial charge on any atom is -0.494 e. The third-order valence-corrected chi connectivity index (χ3v) is 4.89. The molecule has 0 fully saturated rings. The van der Waals surface area contributed by atoms with Gasteiger partial charge in [-0.3, -0.25) is 9.59 Å². The molecule has 2 rings (SSSR count). The van der Waals surface area contributed by atoms with Gasteiger partial charge in [0, 0.05) is 26.5 Å². The molecular weight excluding hydrogens is 448 g/mol. The van der Waals surface area contributed by atoms with Gasteiger partial charge in [0.15, 0.2) is 12.1 Å². The van der Waals surface area contributed by atoms with Gasteiger partial charge in [0.25, 0.3) is 0 Å². The molecule has 0 radical (unpaired) electrons. The number of ketones is 1. The van der Waals surface area contributed by atoms with Gasteiger partial charge in [0.2, 0.25) is 0 Å². The molecule has 0 aliphatic heterocycles. The van der Waals surface area contributed by atoms with Crippen molar-refractivity contribution in [2.45, 2.75) is 25.7 Å². The summed E-state index contributed by atoms with van der Waals surface area (Å²) < 4.78 is 6.60. The standard InChI is InChI=1S/C20H20Br2O3/c21-11-3-1-2-4-12-25-18-9-10-19(16(13-18)14-23)20(24)15-5-7-17(22)8-6-15/h5-10,13-14H,1-4,11-12H2. The number of unbranched alkanes of at least 4 members (excludes halogenated alkanes) is 3. The zero-order valence-corrected chi connectivity index (χ0v) is 17.0. The average molecular weight is 468 g/mol. The first-order valence-electron chi connectivity index (χ1n) is 8.24. The Morgan fingerprint density at radius 2 is 1.72 bits per heavy atom. The molecule has 0 unspecified atom stereocenters. The van der Waals surface area contributed by atoms with Crippen LogP contribution in [0.3, 0.4) is 0 Å². The van der Waals surface area contributed by atoms with Crippen LogP contribution in [0.4, 0.5) is 0 Å². The first kappa shape index (κ1) is 19.9. The molecule has 0 heterocycles. The van der Waals surface area contributed by atoms with Crippen LogP contribution in [0, 0.1) is 0 Å². The molecule has 0 spiro atoms. The highest BCUT2D eigenvalue weighted by Crippen LogP contribution is 2.21. The maximum atomic E-state index is 12.6. The molecule has 0 bridgehead atoms. The SMILES string of the molecule is O=Cc1cc(OCCCCCCBr)ccc1C(=O)c1ccc(Br)cc1. The van der Waals surface area contributed by atoms with Crippen molar-refractivity contribution in [3.05, 3.63) is 63.6 Å². The third-order valence-electron chi connectivity index (χ3n) is 3.80. The molecule has 0 N–H and O–H groups in total. The van der Waals surface area contributed by atoms with Gasteiger partial charge < -0.3 is 4.74 Å². The van der Waals surface area contributed by atoms with Crippen LogP contribution in [-0.2, 0) is 0 Å². The van der Waals surface area contributed by atoms with Crippen molar-refractivity contribution in [3.63, 3.8) is 0 Å². The van der Waals surface area contributed by atoms with Crippen LogP contribution in [0.2, 0.25) is 0 Å². The number of aldehydes is 1. The smallest absolute Gasteiger partial charge is 0.193 e. The van der Waals surface area contributed by atoms with E-state index >= 15 is 0 Å². The van der Waals surface area contributed by atoms with Gasteiger partial charge in [0.05, 0.1) is 6.61 Å². The molecule has 0 saturated carbocycles. The van der Waals surface area contributed by atoms with Gasteiger partial charge >= 0.3 is 0 Å². The molecule has 5 heteroatoms. The number of hydrogen-bond donors (Lipinski definition) is 0. The molecule has 0 aliphatic rings. The van der Waals surface area contributed by atoms with Crippen molar-refractivity contribution in [2.75, 3.05) is 11.9 Å². The molecule has 0 aromatic heterocycles. The van der Waals surface area contributed by atoms with Crippen LogP contribution in [0.15, 0.2) is 46.9 Å². The highest BCUT2D eigenvalue weighted by Gasteiger charge is 2.14. The second kappa shape index (κ2) is 10.5. The molecule has 2 aromatic carbocycles. The molecule has 0 atom stereocenters. The first-order chi connectivity index (χ1) is 12.2. The summed E-state index contributed by atoms with van der Waals surface area (Å²) in [7, 11) is 0. The summed E-state index contributed by atoms with van der Waals surface area (Å²) in [6.07, 6.45) is 5.14. The Morgan fingerprint density at radius 1 is 1.00 bits per heavy atom. The number of alkyl halides is 1. The molecule has 132 valence electrons. The highest BCUT2D eigenvalue weighted by atomic mass is 79.9. The van der Waals surface area contributed by atoms with E-state index in [0.717, 1.165) is 22.6 Å². The van der Waals surface area contributed by atoms with E-state index in [2.05, 4.69) is 31.9 Å². The molecule has 2 aromatic rings. The number of halogens is 2. The van der Waals surface area contributed by atoms with Crippen LogP contribution in [0.5, 0.6) is 5.75 Å². The van der Waals surface area contributed by atoms with Crippen LogP contribution in [-0.4, -0.2) is 24.0 Å². The normalized spacial score (nSPS) is 10.5. The average Bonchev–Trinajstić information content (AvgIpc) is 2.64. The van der Waals surface area contributed by atoms with Crippen molar-refractivity contribution in [1.82, 2.24) is 0 Å². The quantitative estimate of drug-likeness (QED) is 0.191. The van der Waals surface area contributed by atoms with Crippen molar-refractivity contribution in [1.29, 1.82) is 0 Å². The minimum atomic E-state index is -0.170. The minimum absolute atomic E-state index is 0.170. The topological polar surface area (TPSA) is 43.4 Å². The summed E-state index contributed by atoms with van der Waals surface area (Å²) >= 11 is 6.76. The van der Waals surface area contributed by atoms with E-state index in [4.69, 9.17) is 4.74 Å². The van der Waals surface area contributed by atoms with Crippen molar-refractivity contribution in [3.8, 4) is 5.75 Å². The lowest BCUT2D eigenvalue weighted by atomic mass is 9.99. The molecule has 0 aliphatic carbocycles. The van der Waals surface area contributed by atoms with Gasteiger partial charge in [-0.2, -0.15) is 0 Å². The Kier molecular flexibility index (Phi) is 8.35. The second-order valence-electron chi connectivity index (χ2n) is 5.65. The fourth-order valence-electron chi connectivity index (χ4n) is 2.43. The van der Waals surface area contributed by atoms with Crippen LogP contribution in [0.25, 0.3) is 0 Å². The number of carbonyl (C=O) groups is 2. The van der Waals surface area contributed by atoms with E-state index in [1.807, 2.05) is 0 Å². The number of benzene rings is 2. The predicted octanol–water partition coefficient (Wildman–Crippen LogP) is 5.83. The van der Waals surface area contributed by atoms with Gasteiger partial charge in [-0.05, 0) is 55.3 Å². The monoisotopic (exact) mass is 466 g/mol. The van der Waals surface area contributed by atoms with Crippen LogP contribution < -0.4 is 4.74 Å². The van der Waals surface area contributed by atoms with E-state index in [-0.39, 0.29) is 5.78 Å². The lowest BCUT2D eigenvalue weighted by molar-refractivity contribution is 0.102. The first-order valence-corrected chi connectivity index (χ1v) is 10.2. The molecular formula is C20H20Br2O3. The van der Waals surface area contributed by atoms with E-state index in [1.165, 1.54) is 12.8 Å². The lowest BCUT2D eigenvalue weighted by Gasteiger charge is -2.09. The summed E-state index contributed by atoms with van der Waals surface area (Å²) in [5.41, 5.74) is 1.29. The van der Waals surface area contributed by atoms with E-state index < -0.39 is 0 Å². The summed E-state index contributed by atoms with van der Waals surface area (Å²) in [6, 6.07) is 12.1. The third kappa shape index (κ3) is 6.08. The molecule has 3 nitrogen and oxygen atoms in total. The van der Waals surface area contributed by atoms with Crippen molar-refractivity contribution in [2.24, 2.45) is 0 Å². The molecule has 0 amide bonds. The Balaban J connectivity index is 2.02. The van der Waals surface area contributed by atoms with Gasteiger partial charge in [-0.25, -0.2) is 0 Å². The van der Waals surface area contributed by atoms with Crippen LogP contribution >= 0.6 is 31.9 Å². The van der Waals surface area contributed by atoms with Gasteiger partial charge in [0.1, 0.15) is 5.75 Å². The van der Waals surface area contributed by atoms with E-state index in [1.54, 1.807) is 42.5 Å². The van der Waals surface area contributed by atoms with Gasteiger partial charge in [-0.15, -0.1) is 0 Å². The lowest BCUT2D eigenvalue weighted by Crippen LogP contribution is -2.06. The number of carbonyl (C=O) groups excluding carboxylic acids is 2. The number of ether oxygens (including phenoxy) is 1.